The number of anilines is 1. The average molecular weight is 456 g/mol. The lowest BCUT2D eigenvalue weighted by Crippen LogP contribution is -2.55. The Bertz CT molecular complexity index is 946. The third-order valence-corrected chi connectivity index (χ3v) is 6.20. The van der Waals surface area contributed by atoms with Crippen molar-refractivity contribution in [2.75, 3.05) is 24.6 Å². The predicted molar refractivity (Wildman–Crippen MR) is 111 cm³/mol. The molecule has 162 valence electrons. The number of aromatic carboxylic acids is 1. The van der Waals surface area contributed by atoms with Gasteiger partial charge >= 0.3 is 5.97 Å². The average Bonchev–Trinajstić information content (AvgIpc) is 3.33. The molecule has 3 rings (SSSR count). The van der Waals surface area contributed by atoms with E-state index in [0.717, 1.165) is 11.3 Å². The zero-order chi connectivity index (χ0) is 21.8. The highest BCUT2D eigenvalue weighted by Gasteiger charge is 2.33. The van der Waals surface area contributed by atoms with E-state index in [1.807, 2.05) is 18.7 Å². The summed E-state index contributed by atoms with van der Waals surface area (Å²) in [6.07, 6.45) is 1.27. The molecule has 2 aromatic heterocycles. The van der Waals surface area contributed by atoms with Crippen molar-refractivity contribution in [2.45, 2.75) is 38.8 Å². The third kappa shape index (κ3) is 4.63. The summed E-state index contributed by atoms with van der Waals surface area (Å²) in [4.78, 5) is 47.9. The molecule has 3 heterocycles. The molecule has 0 saturated carbocycles. The molecule has 1 saturated heterocycles. The summed E-state index contributed by atoms with van der Waals surface area (Å²) in [5.41, 5.74) is 0.606. The second kappa shape index (κ2) is 9.54. The SMILES string of the molecule is CCO[C@@H]1CN(c2nc(C=O)c(C(=O)O)s2)CC[C@@H]1NC(=O)c1nc(Cl)c(CC)[nH]1. The van der Waals surface area contributed by atoms with Crippen LogP contribution in [-0.4, -0.2) is 70.1 Å². The number of amides is 1. The summed E-state index contributed by atoms with van der Waals surface area (Å²) in [5.74, 6) is -1.41. The number of carboxylic acid groups (broad SMARTS) is 1. The minimum Gasteiger partial charge on any atom is -0.477 e. The fourth-order valence-electron chi connectivity index (χ4n) is 3.29. The first kappa shape index (κ1) is 22.2. The molecule has 12 heteroatoms. The highest BCUT2D eigenvalue weighted by atomic mass is 35.5. The number of imidazole rings is 1. The van der Waals surface area contributed by atoms with Crippen molar-refractivity contribution in [3.05, 3.63) is 27.2 Å². The Kier molecular flexibility index (Phi) is 7.06. The van der Waals surface area contributed by atoms with Gasteiger partial charge in [-0.1, -0.05) is 29.9 Å². The van der Waals surface area contributed by atoms with Crippen molar-refractivity contribution in [2.24, 2.45) is 0 Å². The monoisotopic (exact) mass is 455 g/mol. The molecule has 0 radical (unpaired) electrons. The molecule has 3 N–H and O–H groups in total. The summed E-state index contributed by atoms with van der Waals surface area (Å²) in [5, 5.41) is 12.9. The highest BCUT2D eigenvalue weighted by molar-refractivity contribution is 7.17. The Morgan fingerprint density at radius 3 is 2.77 bits per heavy atom. The van der Waals surface area contributed by atoms with Gasteiger partial charge < -0.3 is 25.0 Å². The van der Waals surface area contributed by atoms with Crippen molar-refractivity contribution in [3.8, 4) is 0 Å². The molecule has 0 aliphatic carbocycles. The van der Waals surface area contributed by atoms with E-state index in [1.54, 1.807) is 0 Å². The number of aryl methyl sites for hydroxylation is 1. The first-order valence-corrected chi connectivity index (χ1v) is 10.7. The summed E-state index contributed by atoms with van der Waals surface area (Å²) >= 11 is 6.97. The van der Waals surface area contributed by atoms with E-state index >= 15 is 0 Å². The standard InChI is InChI=1S/C18H22ClN5O5S/c1-3-9-14(19)23-15(20-9)16(26)21-10-5-6-24(7-12(10)29-4-2)18-22-11(8-25)13(30-18)17(27)28/h8,10,12H,3-7H2,1-2H3,(H,20,23)(H,21,26)(H,27,28)/t10-,12+/m0/s1. The Balaban J connectivity index is 1.73. The van der Waals surface area contributed by atoms with Gasteiger partial charge in [0.05, 0.1) is 17.8 Å². The molecule has 1 aliphatic heterocycles. The van der Waals surface area contributed by atoms with Gasteiger partial charge in [0.2, 0.25) is 0 Å². The van der Waals surface area contributed by atoms with E-state index in [4.69, 9.17) is 16.3 Å². The second-order valence-electron chi connectivity index (χ2n) is 6.65. The normalized spacial score (nSPS) is 19.0. The largest absolute Gasteiger partial charge is 0.477 e. The predicted octanol–water partition coefficient (Wildman–Crippen LogP) is 2.01. The fourth-order valence-corrected chi connectivity index (χ4v) is 4.47. The summed E-state index contributed by atoms with van der Waals surface area (Å²) in [7, 11) is 0. The maximum Gasteiger partial charge on any atom is 0.348 e. The van der Waals surface area contributed by atoms with Gasteiger partial charge in [-0.15, -0.1) is 0 Å². The van der Waals surface area contributed by atoms with Crippen molar-refractivity contribution in [3.63, 3.8) is 0 Å². The van der Waals surface area contributed by atoms with Crippen LogP contribution >= 0.6 is 22.9 Å². The maximum absolute atomic E-state index is 12.6. The van der Waals surface area contributed by atoms with Crippen LogP contribution in [0.15, 0.2) is 0 Å². The van der Waals surface area contributed by atoms with Gasteiger partial charge in [-0.05, 0) is 19.8 Å². The molecular weight excluding hydrogens is 434 g/mol. The molecule has 10 nitrogen and oxygen atoms in total. The van der Waals surface area contributed by atoms with Gasteiger partial charge in [-0.25, -0.2) is 14.8 Å². The van der Waals surface area contributed by atoms with E-state index in [1.165, 1.54) is 0 Å². The van der Waals surface area contributed by atoms with Gasteiger partial charge in [0, 0.05) is 19.7 Å². The molecule has 2 aromatic rings. The number of hydrogen-bond acceptors (Lipinski definition) is 8. The molecule has 0 unspecified atom stereocenters. The van der Waals surface area contributed by atoms with Crippen LogP contribution < -0.4 is 10.2 Å². The van der Waals surface area contributed by atoms with Crippen LogP contribution in [0.25, 0.3) is 0 Å². The lowest BCUT2D eigenvalue weighted by molar-refractivity contribution is 0.0271. The summed E-state index contributed by atoms with van der Waals surface area (Å²) in [6.45, 7) is 5.11. The van der Waals surface area contributed by atoms with Gasteiger partial charge in [0.25, 0.3) is 5.91 Å². The van der Waals surface area contributed by atoms with Crippen LogP contribution in [0.2, 0.25) is 5.15 Å². The molecule has 0 bridgehead atoms. The number of nitrogens with zero attached hydrogens (tertiary/aromatic N) is 3. The number of aromatic amines is 1. The number of rotatable bonds is 8. The zero-order valence-corrected chi connectivity index (χ0v) is 18.0. The Labute approximate surface area is 181 Å². The van der Waals surface area contributed by atoms with Gasteiger partial charge in [-0.2, -0.15) is 0 Å². The first-order chi connectivity index (χ1) is 14.4. The van der Waals surface area contributed by atoms with E-state index in [9.17, 15) is 19.5 Å². The van der Waals surface area contributed by atoms with Crippen LogP contribution in [-0.2, 0) is 11.2 Å². The molecule has 2 atom stereocenters. The van der Waals surface area contributed by atoms with Gasteiger partial charge in [0.1, 0.15) is 10.6 Å². The minimum atomic E-state index is -1.19. The summed E-state index contributed by atoms with van der Waals surface area (Å²) < 4.78 is 5.82. The number of hydrogen-bond donors (Lipinski definition) is 3. The molecule has 0 aromatic carbocycles. The number of piperidine rings is 1. The van der Waals surface area contributed by atoms with E-state index in [2.05, 4.69) is 20.3 Å². The number of H-pyrrole nitrogens is 1. The Morgan fingerprint density at radius 2 is 2.20 bits per heavy atom. The van der Waals surface area contributed by atoms with Crippen LogP contribution in [0, 0.1) is 0 Å². The maximum atomic E-state index is 12.6. The first-order valence-electron chi connectivity index (χ1n) is 9.48. The topological polar surface area (TPSA) is 138 Å². The van der Waals surface area contributed by atoms with E-state index in [0.29, 0.717) is 49.6 Å². The lowest BCUT2D eigenvalue weighted by atomic mass is 10.0. The molecule has 1 amide bonds. The Morgan fingerprint density at radius 1 is 1.43 bits per heavy atom. The molecular formula is C18H22ClN5O5S. The minimum absolute atomic E-state index is 0.0905. The fraction of sp³-hybridized carbons (Fsp3) is 0.500. The van der Waals surface area contributed by atoms with Crippen LogP contribution in [0.5, 0.6) is 0 Å². The van der Waals surface area contributed by atoms with Gasteiger partial charge in [0.15, 0.2) is 22.4 Å². The summed E-state index contributed by atoms with van der Waals surface area (Å²) in [6, 6.07) is -0.271. The number of nitrogens with one attached hydrogen (secondary N) is 2. The van der Waals surface area contributed by atoms with Crippen LogP contribution in [0.3, 0.4) is 0 Å². The van der Waals surface area contributed by atoms with Crippen molar-refractivity contribution < 1.29 is 24.2 Å². The smallest absolute Gasteiger partial charge is 0.348 e. The van der Waals surface area contributed by atoms with E-state index < -0.39 is 5.97 Å². The molecule has 30 heavy (non-hydrogen) atoms. The number of aldehydes is 1. The van der Waals surface area contributed by atoms with Crippen molar-refractivity contribution in [1.82, 2.24) is 20.3 Å². The van der Waals surface area contributed by atoms with Crippen molar-refractivity contribution in [1.29, 1.82) is 0 Å². The van der Waals surface area contributed by atoms with E-state index in [-0.39, 0.29) is 39.6 Å². The quantitative estimate of drug-likeness (QED) is 0.514. The third-order valence-electron chi connectivity index (χ3n) is 4.77. The number of ether oxygens (including phenoxy) is 1. The zero-order valence-electron chi connectivity index (χ0n) is 16.5. The van der Waals surface area contributed by atoms with Gasteiger partial charge in [-0.3, -0.25) is 9.59 Å². The molecule has 0 spiro atoms. The number of carbonyl (C=O) groups is 3. The number of thiazole rings is 1. The molecule has 1 aliphatic rings. The second-order valence-corrected chi connectivity index (χ2v) is 7.99. The number of carboxylic acids is 1. The number of carbonyl (C=O) groups excluding carboxylic acids is 2. The molecule has 1 fully saturated rings. The number of halogens is 1. The highest BCUT2D eigenvalue weighted by Crippen LogP contribution is 2.29. The van der Waals surface area contributed by atoms with Crippen molar-refractivity contribution >= 4 is 46.2 Å². The van der Waals surface area contributed by atoms with Crippen LogP contribution in [0.4, 0.5) is 5.13 Å². The Hall–Kier alpha value is -2.50. The van der Waals surface area contributed by atoms with Crippen LogP contribution in [0.1, 0.15) is 56.7 Å². The number of aromatic nitrogens is 3. The lowest BCUT2D eigenvalue weighted by Gasteiger charge is -2.38.